The zero-order valence-electron chi connectivity index (χ0n) is 29.1. The van der Waals surface area contributed by atoms with Gasteiger partial charge in [0.2, 0.25) is 0 Å². The van der Waals surface area contributed by atoms with Crippen LogP contribution in [0.25, 0.3) is 0 Å². The molecule has 6 aromatic rings. The molecule has 0 atom stereocenters. The van der Waals surface area contributed by atoms with Gasteiger partial charge in [0.1, 0.15) is 57.5 Å². The maximum atomic E-state index is 14.9. The highest BCUT2D eigenvalue weighted by Gasteiger charge is 2.18. The number of aromatic nitrogens is 4. The molecule has 0 aliphatic carbocycles. The van der Waals surface area contributed by atoms with Crippen LogP contribution in [0.5, 0.6) is 11.5 Å². The predicted octanol–water partition coefficient (Wildman–Crippen LogP) is 7.89. The zero-order chi connectivity index (χ0) is 38.8. The van der Waals surface area contributed by atoms with E-state index < -0.39 is 28.8 Å². The lowest BCUT2D eigenvalue weighted by Crippen LogP contribution is -2.24. The van der Waals surface area contributed by atoms with Gasteiger partial charge in [-0.3, -0.25) is 19.6 Å². The van der Waals surface area contributed by atoms with E-state index in [4.69, 9.17) is 21.1 Å². The number of benzene rings is 3. The van der Waals surface area contributed by atoms with Gasteiger partial charge in [-0.15, -0.1) is 0 Å². The van der Waals surface area contributed by atoms with E-state index in [9.17, 15) is 27.2 Å². The van der Waals surface area contributed by atoms with Gasteiger partial charge in [-0.25, -0.2) is 17.6 Å². The van der Waals surface area contributed by atoms with E-state index in [-0.39, 0.29) is 69.4 Å². The van der Waals surface area contributed by atoms with Gasteiger partial charge >= 0.3 is 0 Å². The van der Waals surface area contributed by atoms with Gasteiger partial charge in [-0.05, 0) is 76.3 Å². The molecule has 55 heavy (non-hydrogen) atoms. The quantitative estimate of drug-likeness (QED) is 0.125. The second-order valence-corrected chi connectivity index (χ2v) is 14.1. The van der Waals surface area contributed by atoms with Crippen molar-refractivity contribution < 1.29 is 27.0 Å². The molecule has 1 aliphatic rings. The number of hydrogen-bond acceptors (Lipinski definition) is 7. The van der Waals surface area contributed by atoms with Crippen LogP contribution in [0, 0.1) is 30.2 Å². The molecule has 0 fully saturated rings. The fourth-order valence-electron chi connectivity index (χ4n) is 6.19. The molecule has 0 saturated carbocycles. The van der Waals surface area contributed by atoms with Crippen molar-refractivity contribution in [2.45, 2.75) is 46.1 Å². The van der Waals surface area contributed by atoms with Crippen LogP contribution >= 0.6 is 27.5 Å². The maximum absolute atomic E-state index is 14.9. The summed E-state index contributed by atoms with van der Waals surface area (Å²) >= 11 is 9.63. The van der Waals surface area contributed by atoms with Gasteiger partial charge in [0.25, 0.3) is 11.1 Å². The Morgan fingerprint density at radius 1 is 0.800 bits per heavy atom. The average Bonchev–Trinajstić information content (AvgIpc) is 3.63. The number of anilines is 1. The number of ether oxygens (including phenoxy) is 2. The smallest absolute Gasteiger partial charge is 0.273 e. The van der Waals surface area contributed by atoms with Crippen LogP contribution in [0.1, 0.15) is 44.9 Å². The standard InChI is InChI=1S/C40H31BrClF4N5O4/c1-22-10-36(55-20-25-3-4-28(43)14-31(25)44)38(42)40(53)51(22)19-30-17-48-29(16-49-30)13-26-12-27(33(46)15-32(26)45)21-54-35-7-9-50(39(52)37(35)41)18-23-2-5-34-24(11-23)6-8-47-34/h2-5,7,9-12,14-17,47H,6,8,13,18-21H2,1H3. The molecule has 7 rings (SSSR count). The molecule has 1 aliphatic heterocycles. The Bertz CT molecular complexity index is 2550. The molecule has 0 saturated heterocycles. The lowest BCUT2D eigenvalue weighted by atomic mass is 10.1. The average molecular weight is 837 g/mol. The number of hydrogen-bond donors (Lipinski definition) is 1. The van der Waals surface area contributed by atoms with Crippen LogP contribution < -0.4 is 25.9 Å². The van der Waals surface area contributed by atoms with E-state index in [0.717, 1.165) is 42.4 Å². The van der Waals surface area contributed by atoms with Crippen LogP contribution in [0.3, 0.4) is 0 Å². The molecule has 282 valence electrons. The summed E-state index contributed by atoms with van der Waals surface area (Å²) in [6.45, 7) is 2.37. The van der Waals surface area contributed by atoms with Gasteiger partial charge < -0.3 is 23.9 Å². The molecule has 4 heterocycles. The van der Waals surface area contributed by atoms with Crippen LogP contribution in [0.4, 0.5) is 23.2 Å². The second kappa shape index (κ2) is 16.1. The summed E-state index contributed by atoms with van der Waals surface area (Å²) in [7, 11) is 0. The molecule has 0 radical (unpaired) electrons. The van der Waals surface area contributed by atoms with Crippen molar-refractivity contribution in [2.75, 3.05) is 11.9 Å². The minimum atomic E-state index is -0.809. The summed E-state index contributed by atoms with van der Waals surface area (Å²) < 4.78 is 71.6. The molecule has 0 amide bonds. The summed E-state index contributed by atoms with van der Waals surface area (Å²) in [6.07, 6.45) is 5.38. The SMILES string of the molecule is Cc1cc(OCc2ccc(F)cc2F)c(Cl)c(=O)n1Cc1cnc(Cc2cc(COc3ccn(Cc4ccc5c(c4)CCN5)c(=O)c3Br)c(F)cc2F)cn1. The summed E-state index contributed by atoms with van der Waals surface area (Å²) in [4.78, 5) is 35.0. The normalized spacial score (nSPS) is 12.1. The van der Waals surface area contributed by atoms with Crippen LogP contribution in [-0.2, 0) is 39.1 Å². The van der Waals surface area contributed by atoms with Crippen molar-refractivity contribution >= 4 is 33.2 Å². The second-order valence-electron chi connectivity index (χ2n) is 13.0. The van der Waals surface area contributed by atoms with Gasteiger partial charge in [-0.1, -0.05) is 23.7 Å². The lowest BCUT2D eigenvalue weighted by molar-refractivity contribution is 0.296. The first-order valence-corrected chi connectivity index (χ1v) is 18.2. The van der Waals surface area contributed by atoms with Crippen LogP contribution in [0.15, 0.2) is 93.3 Å². The van der Waals surface area contributed by atoms with Gasteiger partial charge in [-0.2, -0.15) is 0 Å². The summed E-state index contributed by atoms with van der Waals surface area (Å²) in [5.41, 5.74) is 3.97. The van der Waals surface area contributed by atoms with Gasteiger partial charge in [0.15, 0.2) is 0 Å². The lowest BCUT2D eigenvalue weighted by Gasteiger charge is -2.14. The van der Waals surface area contributed by atoms with Crippen molar-refractivity contribution in [3.8, 4) is 11.5 Å². The number of pyridine rings is 2. The molecule has 15 heteroatoms. The van der Waals surface area contributed by atoms with Crippen LogP contribution in [0.2, 0.25) is 5.02 Å². The Morgan fingerprint density at radius 3 is 2.31 bits per heavy atom. The van der Waals surface area contributed by atoms with E-state index in [2.05, 4.69) is 37.3 Å². The first kappa shape index (κ1) is 37.8. The molecule has 0 bridgehead atoms. The Balaban J connectivity index is 0.992. The van der Waals surface area contributed by atoms with E-state index >= 15 is 0 Å². The Hall–Kier alpha value is -5.47. The largest absolute Gasteiger partial charge is 0.487 e. The highest BCUT2D eigenvalue weighted by molar-refractivity contribution is 9.10. The zero-order valence-corrected chi connectivity index (χ0v) is 31.5. The van der Waals surface area contributed by atoms with Crippen molar-refractivity contribution in [1.29, 1.82) is 0 Å². The van der Waals surface area contributed by atoms with Crippen molar-refractivity contribution in [3.63, 3.8) is 0 Å². The fourth-order valence-corrected chi connectivity index (χ4v) is 6.87. The predicted molar refractivity (Wildman–Crippen MR) is 202 cm³/mol. The van der Waals surface area contributed by atoms with Gasteiger partial charge in [0, 0.05) is 66.1 Å². The Kier molecular flexibility index (Phi) is 11.1. The van der Waals surface area contributed by atoms with E-state index in [1.807, 2.05) is 12.1 Å². The van der Waals surface area contributed by atoms with E-state index in [1.54, 1.807) is 23.8 Å². The number of nitrogens with one attached hydrogen (secondary N) is 1. The minimum absolute atomic E-state index is 0.00277. The highest BCUT2D eigenvalue weighted by atomic mass is 79.9. The molecule has 9 nitrogen and oxygen atoms in total. The third-order valence-electron chi connectivity index (χ3n) is 9.17. The molecule has 3 aromatic heterocycles. The number of nitrogens with zero attached hydrogens (tertiary/aromatic N) is 4. The fraction of sp³-hybridized carbons (Fsp3) is 0.200. The number of rotatable bonds is 12. The van der Waals surface area contributed by atoms with E-state index in [0.29, 0.717) is 23.6 Å². The van der Waals surface area contributed by atoms with Crippen molar-refractivity contribution in [3.05, 3.63) is 178 Å². The topological polar surface area (TPSA) is 100 Å². The molecule has 3 aromatic carbocycles. The van der Waals surface area contributed by atoms with Crippen molar-refractivity contribution in [1.82, 2.24) is 19.1 Å². The third kappa shape index (κ3) is 8.45. The minimum Gasteiger partial charge on any atom is -0.487 e. The maximum Gasteiger partial charge on any atom is 0.273 e. The monoisotopic (exact) mass is 835 g/mol. The van der Waals surface area contributed by atoms with Gasteiger partial charge in [0.05, 0.1) is 30.7 Å². The van der Waals surface area contributed by atoms with E-state index in [1.165, 1.54) is 40.7 Å². The Labute approximate surface area is 325 Å². The molecule has 0 unspecified atom stereocenters. The molecule has 0 spiro atoms. The first-order chi connectivity index (χ1) is 26.4. The summed E-state index contributed by atoms with van der Waals surface area (Å²) in [5.74, 6) is -2.85. The summed E-state index contributed by atoms with van der Waals surface area (Å²) in [6, 6.07) is 14.4. The number of fused-ring (bicyclic) bond motifs is 1. The number of aryl methyl sites for hydroxylation is 1. The molecular weight excluding hydrogens is 806 g/mol. The molecular formula is C40H31BrClF4N5O4. The van der Waals surface area contributed by atoms with Crippen LogP contribution in [-0.4, -0.2) is 25.6 Å². The first-order valence-electron chi connectivity index (χ1n) is 17.0. The highest BCUT2D eigenvalue weighted by Crippen LogP contribution is 2.27. The number of halogens is 6. The third-order valence-corrected chi connectivity index (χ3v) is 10.2. The molecule has 1 N–H and O–H groups in total. The Morgan fingerprint density at radius 2 is 1.53 bits per heavy atom. The van der Waals surface area contributed by atoms with Crippen molar-refractivity contribution in [2.24, 2.45) is 0 Å². The summed E-state index contributed by atoms with van der Waals surface area (Å²) in [5, 5.41) is 3.09.